The Morgan fingerprint density at radius 3 is 2.95 bits per heavy atom. The molecule has 0 bridgehead atoms. The zero-order chi connectivity index (χ0) is 14.7. The quantitative estimate of drug-likeness (QED) is 0.812. The van der Waals surface area contributed by atoms with Crippen LogP contribution < -0.4 is 5.32 Å². The number of nitrogens with zero attached hydrogens (tertiary/aromatic N) is 4. The molecule has 0 aliphatic heterocycles. The van der Waals surface area contributed by atoms with Crippen molar-refractivity contribution in [1.29, 1.82) is 0 Å². The second-order valence-corrected chi connectivity index (χ2v) is 5.89. The lowest BCUT2D eigenvalue weighted by Gasteiger charge is -2.15. The Bertz CT molecular complexity index is 567. The summed E-state index contributed by atoms with van der Waals surface area (Å²) in [4.78, 5) is 4.38. The van der Waals surface area contributed by atoms with Crippen LogP contribution in [0.15, 0.2) is 24.8 Å². The highest BCUT2D eigenvalue weighted by Gasteiger charge is 2.32. The first kappa shape index (κ1) is 14.3. The van der Waals surface area contributed by atoms with Crippen molar-refractivity contribution in [2.75, 3.05) is 6.54 Å². The van der Waals surface area contributed by atoms with Crippen LogP contribution in [0.2, 0.25) is 0 Å². The Kier molecular flexibility index (Phi) is 4.39. The van der Waals surface area contributed by atoms with Crippen LogP contribution in [0.1, 0.15) is 50.5 Å². The van der Waals surface area contributed by atoms with E-state index in [1.54, 1.807) is 6.33 Å². The number of hydrogen-bond donors (Lipinski definition) is 1. The Labute approximate surface area is 126 Å². The van der Waals surface area contributed by atoms with Crippen LogP contribution in [0.3, 0.4) is 0 Å². The monoisotopic (exact) mass is 287 g/mol. The van der Waals surface area contributed by atoms with E-state index in [-0.39, 0.29) is 0 Å². The number of nitrogens with one attached hydrogen (secondary N) is 1. The minimum atomic E-state index is 0.518. The standard InChI is InChI=1S/C16H25N5/c1-3-8-21-15(18-12-19-21)11-20-9-7-14(10-20)16(17-4-2)13-5-6-13/h7,9-10,12-13,16-17H,3-6,8,11H2,1-2H3. The number of aromatic nitrogens is 4. The van der Waals surface area contributed by atoms with Crippen LogP contribution in [-0.2, 0) is 13.1 Å². The summed E-state index contributed by atoms with van der Waals surface area (Å²) in [5.74, 6) is 1.86. The predicted octanol–water partition coefficient (Wildman–Crippen LogP) is 2.60. The Hall–Kier alpha value is -1.62. The zero-order valence-corrected chi connectivity index (χ0v) is 13.0. The molecule has 1 saturated carbocycles. The summed E-state index contributed by atoms with van der Waals surface area (Å²) < 4.78 is 4.22. The van der Waals surface area contributed by atoms with Gasteiger partial charge in [0.15, 0.2) is 0 Å². The van der Waals surface area contributed by atoms with Gasteiger partial charge in [-0.1, -0.05) is 13.8 Å². The molecule has 2 heterocycles. The minimum absolute atomic E-state index is 0.518. The molecule has 2 aromatic rings. The Balaban J connectivity index is 1.70. The van der Waals surface area contributed by atoms with Crippen molar-refractivity contribution in [2.45, 2.75) is 52.2 Å². The fourth-order valence-electron chi connectivity index (χ4n) is 2.92. The van der Waals surface area contributed by atoms with E-state index in [1.807, 2.05) is 4.68 Å². The van der Waals surface area contributed by atoms with E-state index in [1.165, 1.54) is 18.4 Å². The molecule has 5 heteroatoms. The van der Waals surface area contributed by atoms with Gasteiger partial charge in [-0.3, -0.25) is 0 Å². The Morgan fingerprint density at radius 1 is 1.38 bits per heavy atom. The van der Waals surface area contributed by atoms with Gasteiger partial charge >= 0.3 is 0 Å². The molecule has 0 saturated heterocycles. The first-order valence-electron chi connectivity index (χ1n) is 8.07. The predicted molar refractivity (Wildman–Crippen MR) is 83.0 cm³/mol. The molecule has 0 aromatic carbocycles. The third-order valence-electron chi connectivity index (χ3n) is 4.11. The lowest BCUT2D eigenvalue weighted by atomic mass is 10.1. The van der Waals surface area contributed by atoms with Gasteiger partial charge < -0.3 is 9.88 Å². The van der Waals surface area contributed by atoms with Gasteiger partial charge in [0.1, 0.15) is 12.2 Å². The summed E-state index contributed by atoms with van der Waals surface area (Å²) in [6.45, 7) is 7.10. The highest BCUT2D eigenvalue weighted by atomic mass is 15.3. The third-order valence-corrected chi connectivity index (χ3v) is 4.11. The molecule has 1 fully saturated rings. The van der Waals surface area contributed by atoms with E-state index in [9.17, 15) is 0 Å². The summed E-state index contributed by atoms with van der Waals surface area (Å²) in [6.07, 6.45) is 9.86. The molecule has 1 N–H and O–H groups in total. The highest BCUT2D eigenvalue weighted by molar-refractivity contribution is 5.18. The van der Waals surface area contributed by atoms with E-state index < -0.39 is 0 Å². The first-order chi connectivity index (χ1) is 10.3. The molecule has 5 nitrogen and oxygen atoms in total. The largest absolute Gasteiger partial charge is 0.346 e. The molecule has 0 amide bonds. The van der Waals surface area contributed by atoms with Gasteiger partial charge in [-0.15, -0.1) is 0 Å². The van der Waals surface area contributed by atoms with E-state index >= 15 is 0 Å². The highest BCUT2D eigenvalue weighted by Crippen LogP contribution is 2.41. The second kappa shape index (κ2) is 6.43. The van der Waals surface area contributed by atoms with Gasteiger partial charge in [-0.2, -0.15) is 5.10 Å². The SMILES string of the molecule is CCCn1ncnc1Cn1ccc(C(NCC)C2CC2)c1. The minimum Gasteiger partial charge on any atom is -0.346 e. The average molecular weight is 287 g/mol. The van der Waals surface area contributed by atoms with Crippen molar-refractivity contribution in [1.82, 2.24) is 24.6 Å². The van der Waals surface area contributed by atoms with Crippen LogP contribution in [-0.4, -0.2) is 25.9 Å². The fourth-order valence-corrected chi connectivity index (χ4v) is 2.92. The average Bonchev–Trinajstić information content (AvgIpc) is 3.07. The molecule has 1 atom stereocenters. The molecule has 2 aromatic heterocycles. The summed E-state index contributed by atoms with van der Waals surface area (Å²) >= 11 is 0. The first-order valence-corrected chi connectivity index (χ1v) is 8.07. The molecule has 21 heavy (non-hydrogen) atoms. The topological polar surface area (TPSA) is 47.7 Å². The van der Waals surface area contributed by atoms with Gasteiger partial charge in [0.05, 0.1) is 6.54 Å². The normalized spacial score (nSPS) is 16.3. The maximum Gasteiger partial charge on any atom is 0.146 e. The summed E-state index contributed by atoms with van der Waals surface area (Å²) in [7, 11) is 0. The van der Waals surface area contributed by atoms with Crippen molar-refractivity contribution >= 4 is 0 Å². The molecule has 1 unspecified atom stereocenters. The summed E-state index contributed by atoms with van der Waals surface area (Å²) in [6, 6.07) is 2.76. The molecule has 1 aliphatic rings. The molecule has 114 valence electrons. The van der Waals surface area contributed by atoms with E-state index in [0.717, 1.165) is 37.8 Å². The van der Waals surface area contributed by atoms with Gasteiger partial charge in [-0.05, 0) is 43.4 Å². The van der Waals surface area contributed by atoms with Crippen LogP contribution in [0, 0.1) is 5.92 Å². The molecular formula is C16H25N5. The van der Waals surface area contributed by atoms with Gasteiger partial charge in [-0.25, -0.2) is 9.67 Å². The number of rotatable bonds is 8. The molecule has 0 radical (unpaired) electrons. The number of hydrogen-bond acceptors (Lipinski definition) is 3. The van der Waals surface area contributed by atoms with Crippen LogP contribution >= 0.6 is 0 Å². The molecule has 0 spiro atoms. The lowest BCUT2D eigenvalue weighted by Crippen LogP contribution is -2.22. The lowest BCUT2D eigenvalue weighted by molar-refractivity contribution is 0.495. The van der Waals surface area contributed by atoms with Crippen LogP contribution in [0.25, 0.3) is 0 Å². The van der Waals surface area contributed by atoms with Crippen LogP contribution in [0.4, 0.5) is 0 Å². The fraction of sp³-hybridized carbons (Fsp3) is 0.625. The molecular weight excluding hydrogens is 262 g/mol. The van der Waals surface area contributed by atoms with Crippen LogP contribution in [0.5, 0.6) is 0 Å². The van der Waals surface area contributed by atoms with E-state index in [2.05, 4.69) is 52.3 Å². The maximum absolute atomic E-state index is 4.38. The zero-order valence-electron chi connectivity index (χ0n) is 13.0. The summed E-state index contributed by atoms with van der Waals surface area (Å²) in [5.41, 5.74) is 1.40. The van der Waals surface area contributed by atoms with Gasteiger partial charge in [0.25, 0.3) is 0 Å². The van der Waals surface area contributed by atoms with E-state index in [4.69, 9.17) is 0 Å². The van der Waals surface area contributed by atoms with Crippen molar-refractivity contribution in [2.24, 2.45) is 5.92 Å². The third kappa shape index (κ3) is 3.35. The number of aryl methyl sites for hydroxylation is 1. The van der Waals surface area contributed by atoms with Crippen molar-refractivity contribution in [3.63, 3.8) is 0 Å². The molecule has 3 rings (SSSR count). The second-order valence-electron chi connectivity index (χ2n) is 5.89. The smallest absolute Gasteiger partial charge is 0.146 e. The Morgan fingerprint density at radius 2 is 2.24 bits per heavy atom. The molecule has 1 aliphatic carbocycles. The van der Waals surface area contributed by atoms with Crippen molar-refractivity contribution in [3.05, 3.63) is 36.2 Å². The summed E-state index contributed by atoms with van der Waals surface area (Å²) in [5, 5.41) is 7.91. The maximum atomic E-state index is 4.38. The van der Waals surface area contributed by atoms with E-state index in [0.29, 0.717) is 6.04 Å². The van der Waals surface area contributed by atoms with Gasteiger partial charge in [0.2, 0.25) is 0 Å². The van der Waals surface area contributed by atoms with Gasteiger partial charge in [0, 0.05) is 25.0 Å². The van der Waals surface area contributed by atoms with Crippen molar-refractivity contribution < 1.29 is 0 Å². The van der Waals surface area contributed by atoms with Crippen molar-refractivity contribution in [3.8, 4) is 0 Å².